The van der Waals surface area contributed by atoms with Crippen LogP contribution in [0.15, 0.2) is 24.5 Å². The van der Waals surface area contributed by atoms with Crippen LogP contribution >= 0.6 is 0 Å². The van der Waals surface area contributed by atoms with Crippen molar-refractivity contribution in [2.45, 2.75) is 37.8 Å². The highest BCUT2D eigenvalue weighted by Gasteiger charge is 2.40. The van der Waals surface area contributed by atoms with Crippen LogP contribution in [0.2, 0.25) is 0 Å². The largest absolute Gasteiger partial charge is 0.296 e. The number of fused-ring (bicyclic) bond motifs is 3. The van der Waals surface area contributed by atoms with Gasteiger partial charge < -0.3 is 0 Å². The van der Waals surface area contributed by atoms with Gasteiger partial charge in [-0.2, -0.15) is 0 Å². The van der Waals surface area contributed by atoms with Crippen LogP contribution in [0, 0.1) is 5.92 Å². The monoisotopic (exact) mass is 217 g/mol. The minimum Gasteiger partial charge on any atom is -0.296 e. The van der Waals surface area contributed by atoms with E-state index in [1.54, 1.807) is 0 Å². The van der Waals surface area contributed by atoms with Gasteiger partial charge in [-0.15, -0.1) is 0 Å². The summed E-state index contributed by atoms with van der Waals surface area (Å²) in [5, 5.41) is 0. The van der Waals surface area contributed by atoms with Gasteiger partial charge in [0.15, 0.2) is 12.4 Å². The summed E-state index contributed by atoms with van der Waals surface area (Å²) in [7, 11) is 4.43. The lowest BCUT2D eigenvalue weighted by Gasteiger charge is -2.49. The molecule has 0 aromatic carbocycles. The third kappa shape index (κ3) is 1.56. The van der Waals surface area contributed by atoms with Gasteiger partial charge in [-0.3, -0.25) is 4.90 Å². The number of nitrogens with zero attached hydrogens (tertiary/aromatic N) is 2. The van der Waals surface area contributed by atoms with Crippen molar-refractivity contribution in [3.05, 3.63) is 30.1 Å². The van der Waals surface area contributed by atoms with E-state index in [1.807, 2.05) is 0 Å². The molecule has 2 heteroatoms. The summed E-state index contributed by atoms with van der Waals surface area (Å²) in [6.45, 7) is 0. The minimum absolute atomic E-state index is 0.667. The first-order chi connectivity index (χ1) is 7.75. The van der Waals surface area contributed by atoms with Crippen LogP contribution in [0.5, 0.6) is 0 Å². The van der Waals surface area contributed by atoms with E-state index in [1.165, 1.54) is 31.2 Å². The Morgan fingerprint density at radius 3 is 2.62 bits per heavy atom. The Bertz CT molecular complexity index is 378. The first kappa shape index (κ1) is 10.3. The van der Waals surface area contributed by atoms with Gasteiger partial charge in [-0.25, -0.2) is 4.57 Å². The second kappa shape index (κ2) is 3.85. The van der Waals surface area contributed by atoms with Crippen LogP contribution in [-0.4, -0.2) is 18.0 Å². The Hall–Kier alpha value is -0.890. The predicted octanol–water partition coefficient (Wildman–Crippen LogP) is 2.06. The van der Waals surface area contributed by atoms with E-state index in [0.717, 1.165) is 12.0 Å². The lowest BCUT2D eigenvalue weighted by molar-refractivity contribution is -0.672. The average Bonchev–Trinajstić information content (AvgIpc) is 2.30. The van der Waals surface area contributed by atoms with Crippen LogP contribution in [0.4, 0.5) is 0 Å². The summed E-state index contributed by atoms with van der Waals surface area (Å²) in [6, 6.07) is 5.97. The SMILES string of the molecule is CN1C2CCC(CC2)C1c1ccc[n+](C)c1. The van der Waals surface area contributed by atoms with Crippen LogP contribution in [0.1, 0.15) is 37.3 Å². The molecule has 3 fully saturated rings. The molecule has 0 spiro atoms. The summed E-state index contributed by atoms with van der Waals surface area (Å²) in [4.78, 5) is 2.62. The molecule has 4 rings (SSSR count). The Labute approximate surface area is 97.9 Å². The highest BCUT2D eigenvalue weighted by atomic mass is 15.2. The molecule has 2 aliphatic heterocycles. The zero-order valence-electron chi connectivity index (χ0n) is 10.3. The molecule has 0 radical (unpaired) electrons. The molecule has 1 unspecified atom stereocenters. The van der Waals surface area contributed by atoms with Crippen LogP contribution in [0.25, 0.3) is 0 Å². The quantitative estimate of drug-likeness (QED) is 0.653. The molecular weight excluding hydrogens is 196 g/mol. The molecule has 2 saturated heterocycles. The third-order valence-corrected chi connectivity index (χ3v) is 4.51. The minimum atomic E-state index is 0.667. The molecule has 2 bridgehead atoms. The van der Waals surface area contributed by atoms with E-state index in [4.69, 9.17) is 0 Å². The van der Waals surface area contributed by atoms with Gasteiger partial charge >= 0.3 is 0 Å². The molecule has 1 aliphatic carbocycles. The van der Waals surface area contributed by atoms with Crippen molar-refractivity contribution in [1.82, 2.24) is 4.90 Å². The maximum Gasteiger partial charge on any atom is 0.173 e. The van der Waals surface area contributed by atoms with Gasteiger partial charge in [-0.05, 0) is 44.7 Å². The third-order valence-electron chi connectivity index (χ3n) is 4.51. The first-order valence-electron chi connectivity index (χ1n) is 6.43. The number of pyridine rings is 1. The molecule has 0 amide bonds. The van der Waals surface area contributed by atoms with Gasteiger partial charge in [-0.1, -0.05) is 0 Å². The number of piperidine rings is 2. The normalized spacial score (nSPS) is 34.2. The van der Waals surface area contributed by atoms with Gasteiger partial charge in [0.2, 0.25) is 0 Å². The molecule has 0 N–H and O–H groups in total. The van der Waals surface area contributed by atoms with Crippen LogP contribution < -0.4 is 4.57 Å². The fourth-order valence-corrected chi connectivity index (χ4v) is 3.68. The zero-order valence-corrected chi connectivity index (χ0v) is 10.3. The smallest absolute Gasteiger partial charge is 0.173 e. The molecule has 16 heavy (non-hydrogen) atoms. The average molecular weight is 217 g/mol. The molecule has 1 saturated carbocycles. The van der Waals surface area contributed by atoms with Crippen molar-refractivity contribution < 1.29 is 4.57 Å². The molecule has 86 valence electrons. The van der Waals surface area contributed by atoms with Gasteiger partial charge in [0, 0.05) is 23.7 Å². The second-order valence-electron chi connectivity index (χ2n) is 5.48. The number of rotatable bonds is 1. The summed E-state index contributed by atoms with van der Waals surface area (Å²) in [5.41, 5.74) is 1.50. The zero-order chi connectivity index (χ0) is 11.1. The number of aromatic nitrogens is 1. The van der Waals surface area contributed by atoms with E-state index in [0.29, 0.717) is 6.04 Å². The Kier molecular flexibility index (Phi) is 2.47. The van der Waals surface area contributed by atoms with Gasteiger partial charge in [0.25, 0.3) is 0 Å². The highest BCUT2D eigenvalue weighted by Crippen LogP contribution is 2.45. The van der Waals surface area contributed by atoms with Gasteiger partial charge in [0.05, 0.1) is 0 Å². The molecule has 1 atom stereocenters. The highest BCUT2D eigenvalue weighted by molar-refractivity contribution is 5.16. The number of hydrogen-bond acceptors (Lipinski definition) is 1. The van der Waals surface area contributed by atoms with Crippen LogP contribution in [0.3, 0.4) is 0 Å². The first-order valence-corrected chi connectivity index (χ1v) is 6.43. The Morgan fingerprint density at radius 1 is 1.25 bits per heavy atom. The number of aryl methyl sites for hydroxylation is 1. The Morgan fingerprint density at radius 2 is 2.00 bits per heavy atom. The summed E-state index contributed by atoms with van der Waals surface area (Å²) in [6.07, 6.45) is 10.1. The van der Waals surface area contributed by atoms with E-state index < -0.39 is 0 Å². The van der Waals surface area contributed by atoms with Crippen molar-refractivity contribution >= 4 is 0 Å². The summed E-state index contributed by atoms with van der Waals surface area (Å²) in [5.74, 6) is 0.886. The summed E-state index contributed by atoms with van der Waals surface area (Å²) < 4.78 is 2.17. The maximum atomic E-state index is 2.62. The standard InChI is InChI=1S/C14H21N2/c1-15-9-3-4-12(10-15)14-11-5-7-13(8-6-11)16(14)2/h3-4,9-11,13-14H,5-8H2,1-2H3/q+1. The van der Waals surface area contributed by atoms with E-state index in [2.05, 4.69) is 48.1 Å². The molecule has 1 aromatic heterocycles. The molecule has 2 nitrogen and oxygen atoms in total. The Balaban J connectivity index is 1.94. The topological polar surface area (TPSA) is 7.12 Å². The van der Waals surface area contributed by atoms with E-state index in [9.17, 15) is 0 Å². The van der Waals surface area contributed by atoms with Crippen molar-refractivity contribution in [3.63, 3.8) is 0 Å². The molecule has 1 aromatic rings. The van der Waals surface area contributed by atoms with Crippen LogP contribution in [-0.2, 0) is 7.05 Å². The molecular formula is C14H21N2+. The van der Waals surface area contributed by atoms with Gasteiger partial charge in [0.1, 0.15) is 7.05 Å². The van der Waals surface area contributed by atoms with Crippen molar-refractivity contribution in [1.29, 1.82) is 0 Å². The van der Waals surface area contributed by atoms with E-state index >= 15 is 0 Å². The lowest BCUT2D eigenvalue weighted by atomic mass is 9.73. The fraction of sp³-hybridized carbons (Fsp3) is 0.643. The predicted molar refractivity (Wildman–Crippen MR) is 63.9 cm³/mol. The van der Waals surface area contributed by atoms with Crippen molar-refractivity contribution in [3.8, 4) is 0 Å². The van der Waals surface area contributed by atoms with E-state index in [-0.39, 0.29) is 0 Å². The summed E-state index contributed by atoms with van der Waals surface area (Å²) >= 11 is 0. The lowest BCUT2D eigenvalue weighted by Crippen LogP contribution is -2.48. The fourth-order valence-electron chi connectivity index (χ4n) is 3.68. The number of hydrogen-bond donors (Lipinski definition) is 0. The maximum absolute atomic E-state index is 2.62. The molecule has 3 heterocycles. The van der Waals surface area contributed by atoms with Crippen molar-refractivity contribution in [2.24, 2.45) is 13.0 Å². The second-order valence-corrected chi connectivity index (χ2v) is 5.48. The molecule has 3 aliphatic rings. The van der Waals surface area contributed by atoms with Crippen molar-refractivity contribution in [2.75, 3.05) is 7.05 Å².